The Morgan fingerprint density at radius 3 is 2.57 bits per heavy atom. The highest BCUT2D eigenvalue weighted by molar-refractivity contribution is 5.89. The molecule has 1 aromatic rings. The summed E-state index contributed by atoms with van der Waals surface area (Å²) in [5.74, 6) is -2.63. The maximum atomic E-state index is 12.9. The zero-order valence-corrected chi connectivity index (χ0v) is 7.09. The van der Waals surface area contributed by atoms with E-state index in [1.165, 1.54) is 6.92 Å². The van der Waals surface area contributed by atoms with E-state index in [1.807, 2.05) is 0 Å². The van der Waals surface area contributed by atoms with Gasteiger partial charge < -0.3 is 5.11 Å². The normalized spacial score (nSPS) is 10.6. The maximum absolute atomic E-state index is 12.9. The number of pyridine rings is 1. The average Bonchev–Trinajstić information content (AvgIpc) is 2.08. The zero-order valence-electron chi connectivity index (χ0n) is 7.09. The van der Waals surface area contributed by atoms with Gasteiger partial charge in [0, 0.05) is 5.56 Å². The number of carbonyl (C=O) groups is 1. The third kappa shape index (κ3) is 1.84. The SMILES string of the molecule is Cc1c(C(=O)O)cc(C(F)F)nc1F. The summed E-state index contributed by atoms with van der Waals surface area (Å²) < 4.78 is 37.1. The highest BCUT2D eigenvalue weighted by Crippen LogP contribution is 2.20. The van der Waals surface area contributed by atoms with Crippen LogP contribution in [-0.4, -0.2) is 16.1 Å². The Morgan fingerprint density at radius 2 is 2.14 bits per heavy atom. The van der Waals surface area contributed by atoms with Gasteiger partial charge in [0.2, 0.25) is 5.95 Å². The summed E-state index contributed by atoms with van der Waals surface area (Å²) in [7, 11) is 0. The minimum atomic E-state index is -2.98. The van der Waals surface area contributed by atoms with Crippen LogP contribution in [0, 0.1) is 12.9 Å². The fourth-order valence-electron chi connectivity index (χ4n) is 0.931. The second-order valence-corrected chi connectivity index (χ2v) is 2.62. The van der Waals surface area contributed by atoms with Gasteiger partial charge in [-0.3, -0.25) is 0 Å². The maximum Gasteiger partial charge on any atom is 0.336 e. The predicted octanol–water partition coefficient (Wildman–Crippen LogP) is 2.16. The quantitative estimate of drug-likeness (QED) is 0.752. The van der Waals surface area contributed by atoms with Crippen LogP contribution in [0.5, 0.6) is 0 Å². The van der Waals surface area contributed by atoms with Crippen molar-refractivity contribution in [1.82, 2.24) is 4.98 Å². The lowest BCUT2D eigenvalue weighted by molar-refractivity contribution is 0.0694. The van der Waals surface area contributed by atoms with Gasteiger partial charge in [0.25, 0.3) is 6.43 Å². The molecule has 0 spiro atoms. The van der Waals surface area contributed by atoms with E-state index >= 15 is 0 Å². The van der Waals surface area contributed by atoms with Gasteiger partial charge in [-0.05, 0) is 13.0 Å². The summed E-state index contributed by atoms with van der Waals surface area (Å²) in [6.07, 6.45) is -2.98. The van der Waals surface area contributed by atoms with Crippen molar-refractivity contribution >= 4 is 5.97 Å². The standard InChI is InChI=1S/C8H6F3NO2/c1-3-4(8(13)14)2-5(6(9)10)12-7(3)11/h2,6H,1H3,(H,13,14). The lowest BCUT2D eigenvalue weighted by atomic mass is 10.1. The van der Waals surface area contributed by atoms with E-state index in [0.717, 1.165) is 0 Å². The van der Waals surface area contributed by atoms with Crippen LogP contribution in [0.15, 0.2) is 6.07 Å². The van der Waals surface area contributed by atoms with Gasteiger partial charge >= 0.3 is 5.97 Å². The summed E-state index contributed by atoms with van der Waals surface area (Å²) in [5, 5.41) is 8.56. The van der Waals surface area contributed by atoms with E-state index in [9.17, 15) is 18.0 Å². The molecule has 0 unspecified atom stereocenters. The molecule has 0 aliphatic rings. The zero-order chi connectivity index (χ0) is 10.9. The molecule has 6 heteroatoms. The first kappa shape index (κ1) is 10.5. The van der Waals surface area contributed by atoms with Gasteiger partial charge in [-0.25, -0.2) is 18.6 Å². The van der Waals surface area contributed by atoms with Crippen LogP contribution in [0.4, 0.5) is 13.2 Å². The number of aromatic nitrogens is 1. The second-order valence-electron chi connectivity index (χ2n) is 2.62. The number of alkyl halides is 2. The number of aromatic carboxylic acids is 1. The van der Waals surface area contributed by atoms with Crippen molar-refractivity contribution in [1.29, 1.82) is 0 Å². The molecule has 0 aromatic carbocycles. The van der Waals surface area contributed by atoms with Gasteiger partial charge in [-0.1, -0.05) is 0 Å². The lowest BCUT2D eigenvalue weighted by Crippen LogP contribution is -2.06. The molecule has 0 atom stereocenters. The number of carboxylic acids is 1. The smallest absolute Gasteiger partial charge is 0.336 e. The molecule has 1 rings (SSSR count). The van der Waals surface area contributed by atoms with Gasteiger partial charge in [0.15, 0.2) is 0 Å². The Hall–Kier alpha value is -1.59. The number of hydrogen-bond donors (Lipinski definition) is 1. The van der Waals surface area contributed by atoms with Gasteiger partial charge in [-0.15, -0.1) is 0 Å². The van der Waals surface area contributed by atoms with Crippen LogP contribution >= 0.6 is 0 Å². The molecular weight excluding hydrogens is 199 g/mol. The van der Waals surface area contributed by atoms with E-state index in [4.69, 9.17) is 5.11 Å². The Morgan fingerprint density at radius 1 is 1.57 bits per heavy atom. The molecule has 3 nitrogen and oxygen atoms in total. The van der Waals surface area contributed by atoms with E-state index in [1.54, 1.807) is 0 Å². The third-order valence-corrected chi connectivity index (χ3v) is 1.69. The van der Waals surface area contributed by atoms with Crippen molar-refractivity contribution in [3.8, 4) is 0 Å². The van der Waals surface area contributed by atoms with Crippen LogP contribution in [0.1, 0.15) is 28.0 Å². The largest absolute Gasteiger partial charge is 0.478 e. The van der Waals surface area contributed by atoms with Gasteiger partial charge in [-0.2, -0.15) is 4.39 Å². The molecule has 0 aliphatic heterocycles. The molecule has 0 aliphatic carbocycles. The summed E-state index contributed by atoms with van der Waals surface area (Å²) >= 11 is 0. The minimum Gasteiger partial charge on any atom is -0.478 e. The van der Waals surface area contributed by atoms with Crippen molar-refractivity contribution in [2.45, 2.75) is 13.3 Å². The Bertz CT molecular complexity index is 379. The lowest BCUT2D eigenvalue weighted by Gasteiger charge is -2.04. The molecule has 1 heterocycles. The Balaban J connectivity index is 3.35. The van der Waals surface area contributed by atoms with Crippen LogP contribution < -0.4 is 0 Å². The van der Waals surface area contributed by atoms with Gasteiger partial charge in [0.05, 0.1) is 5.56 Å². The molecule has 0 amide bonds. The Labute approximate surface area is 77.2 Å². The van der Waals surface area contributed by atoms with E-state index in [0.29, 0.717) is 6.07 Å². The molecule has 0 saturated heterocycles. The number of hydrogen-bond acceptors (Lipinski definition) is 2. The summed E-state index contributed by atoms with van der Waals surface area (Å²) in [6, 6.07) is 0.672. The fraction of sp³-hybridized carbons (Fsp3) is 0.250. The molecule has 1 N–H and O–H groups in total. The van der Waals surface area contributed by atoms with Crippen molar-refractivity contribution in [3.05, 3.63) is 28.8 Å². The van der Waals surface area contributed by atoms with Crippen molar-refractivity contribution < 1.29 is 23.1 Å². The van der Waals surface area contributed by atoms with Crippen LogP contribution in [-0.2, 0) is 0 Å². The molecule has 14 heavy (non-hydrogen) atoms. The molecule has 0 radical (unpaired) electrons. The molecule has 76 valence electrons. The van der Waals surface area contributed by atoms with E-state index in [-0.39, 0.29) is 5.56 Å². The van der Waals surface area contributed by atoms with Crippen LogP contribution in [0.25, 0.3) is 0 Å². The van der Waals surface area contributed by atoms with Crippen molar-refractivity contribution in [2.75, 3.05) is 0 Å². The molecule has 1 aromatic heterocycles. The highest BCUT2D eigenvalue weighted by atomic mass is 19.3. The summed E-state index contributed by atoms with van der Waals surface area (Å²) in [6.45, 7) is 1.17. The van der Waals surface area contributed by atoms with Crippen LogP contribution in [0.2, 0.25) is 0 Å². The monoisotopic (exact) mass is 205 g/mol. The number of carboxylic acid groups (broad SMARTS) is 1. The summed E-state index contributed by atoms with van der Waals surface area (Å²) in [5.41, 5.74) is -1.61. The number of halogens is 3. The Kier molecular flexibility index (Phi) is 2.73. The first-order valence-corrected chi connectivity index (χ1v) is 3.62. The van der Waals surface area contributed by atoms with E-state index < -0.39 is 29.6 Å². The molecule has 0 fully saturated rings. The average molecular weight is 205 g/mol. The number of nitrogens with zero attached hydrogens (tertiary/aromatic N) is 1. The predicted molar refractivity (Wildman–Crippen MR) is 40.8 cm³/mol. The highest BCUT2D eigenvalue weighted by Gasteiger charge is 2.18. The number of rotatable bonds is 2. The molecule has 0 saturated carbocycles. The van der Waals surface area contributed by atoms with Crippen molar-refractivity contribution in [3.63, 3.8) is 0 Å². The second kappa shape index (κ2) is 3.65. The fourth-order valence-corrected chi connectivity index (χ4v) is 0.931. The summed E-state index contributed by atoms with van der Waals surface area (Å²) in [4.78, 5) is 13.4. The molecule has 0 bridgehead atoms. The third-order valence-electron chi connectivity index (χ3n) is 1.69. The molecular formula is C8H6F3NO2. The van der Waals surface area contributed by atoms with Crippen LogP contribution in [0.3, 0.4) is 0 Å². The minimum absolute atomic E-state index is 0.248. The van der Waals surface area contributed by atoms with Crippen molar-refractivity contribution in [2.24, 2.45) is 0 Å². The first-order chi connectivity index (χ1) is 6.43. The van der Waals surface area contributed by atoms with E-state index in [2.05, 4.69) is 4.98 Å². The topological polar surface area (TPSA) is 50.2 Å². The first-order valence-electron chi connectivity index (χ1n) is 3.62. The van der Waals surface area contributed by atoms with Gasteiger partial charge in [0.1, 0.15) is 5.69 Å².